The topological polar surface area (TPSA) is 55.8 Å². The molecule has 0 N–H and O–H groups in total. The molecule has 2 atom stereocenters. The van der Waals surface area contributed by atoms with E-state index in [1.807, 2.05) is 66.7 Å². The van der Waals surface area contributed by atoms with Crippen LogP contribution >= 0.6 is 0 Å². The number of carbonyl (C=O) groups is 2. The molecule has 2 aromatic rings. The highest BCUT2D eigenvalue weighted by molar-refractivity contribution is 5.79. The first kappa shape index (κ1) is 16.4. The molecule has 2 aromatic carbocycles. The molecule has 2 aliphatic rings. The number of benzene rings is 2. The molecule has 5 nitrogen and oxygen atoms in total. The molecule has 0 fully saturated rings. The zero-order chi connectivity index (χ0) is 18.1. The Labute approximate surface area is 151 Å². The van der Waals surface area contributed by atoms with E-state index in [2.05, 4.69) is 0 Å². The van der Waals surface area contributed by atoms with Crippen molar-refractivity contribution in [2.45, 2.75) is 25.1 Å². The minimum absolute atomic E-state index is 0.0320. The van der Waals surface area contributed by atoms with Crippen LogP contribution < -0.4 is 0 Å². The number of amides is 1. The first-order valence-corrected chi connectivity index (χ1v) is 8.54. The number of rotatable bonds is 4. The lowest BCUT2D eigenvalue weighted by molar-refractivity contribution is -0.135. The number of hydrogen-bond donors (Lipinski definition) is 0. The van der Waals surface area contributed by atoms with Crippen molar-refractivity contribution in [3.8, 4) is 0 Å². The third-order valence-electron chi connectivity index (χ3n) is 4.96. The van der Waals surface area contributed by atoms with Crippen LogP contribution in [0.25, 0.3) is 0 Å². The summed E-state index contributed by atoms with van der Waals surface area (Å²) in [7, 11) is 0. The van der Waals surface area contributed by atoms with Gasteiger partial charge in [-0.2, -0.15) is 0 Å². The monoisotopic (exact) mass is 349 g/mol. The number of carbonyl (C=O) groups excluding carboxylic acids is 2. The fraction of sp³-hybridized carbons (Fsp3) is 0.238. The Morgan fingerprint density at radius 2 is 1.77 bits per heavy atom. The van der Waals surface area contributed by atoms with Crippen LogP contribution in [0.2, 0.25) is 0 Å². The van der Waals surface area contributed by atoms with Gasteiger partial charge in [-0.25, -0.2) is 4.79 Å². The molecule has 26 heavy (non-hydrogen) atoms. The number of hydrogen-bond acceptors (Lipinski definition) is 4. The van der Waals surface area contributed by atoms with Gasteiger partial charge in [-0.1, -0.05) is 66.7 Å². The lowest BCUT2D eigenvalue weighted by Gasteiger charge is -2.33. The van der Waals surface area contributed by atoms with E-state index in [-0.39, 0.29) is 25.2 Å². The maximum absolute atomic E-state index is 12.3. The smallest absolute Gasteiger partial charge is 0.431 e. The minimum Gasteiger partial charge on any atom is -0.431 e. The summed E-state index contributed by atoms with van der Waals surface area (Å²) in [6.07, 6.45) is 3.20. The van der Waals surface area contributed by atoms with Gasteiger partial charge in [-0.15, -0.1) is 0 Å². The van der Waals surface area contributed by atoms with E-state index in [1.165, 1.54) is 6.92 Å². The average Bonchev–Trinajstić information content (AvgIpc) is 3.18. The molecule has 2 heterocycles. The van der Waals surface area contributed by atoms with Gasteiger partial charge in [0.05, 0.1) is 6.04 Å². The first-order valence-electron chi connectivity index (χ1n) is 8.54. The summed E-state index contributed by atoms with van der Waals surface area (Å²) in [5, 5.41) is 0. The molecule has 132 valence electrons. The van der Waals surface area contributed by atoms with Crippen LogP contribution in [0.3, 0.4) is 0 Å². The second-order valence-electron chi connectivity index (χ2n) is 6.52. The molecule has 4 rings (SSSR count). The van der Waals surface area contributed by atoms with E-state index in [9.17, 15) is 9.59 Å². The Morgan fingerprint density at radius 1 is 1.04 bits per heavy atom. The summed E-state index contributed by atoms with van der Waals surface area (Å²) >= 11 is 0. The van der Waals surface area contributed by atoms with E-state index in [1.54, 1.807) is 4.90 Å². The summed E-state index contributed by atoms with van der Waals surface area (Å²) in [6, 6.07) is 17.2. The summed E-state index contributed by atoms with van der Waals surface area (Å²) in [4.78, 5) is 26.1. The second-order valence-corrected chi connectivity index (χ2v) is 6.52. The van der Waals surface area contributed by atoms with Crippen LogP contribution in [-0.4, -0.2) is 23.6 Å². The van der Waals surface area contributed by atoms with Crippen molar-refractivity contribution in [1.29, 1.82) is 0 Å². The Morgan fingerprint density at radius 3 is 2.54 bits per heavy atom. The largest absolute Gasteiger partial charge is 0.508 e. The number of nitrogens with zero attached hydrogens (tertiary/aromatic N) is 1. The van der Waals surface area contributed by atoms with E-state index in [0.717, 1.165) is 16.7 Å². The van der Waals surface area contributed by atoms with E-state index in [4.69, 9.17) is 9.47 Å². The van der Waals surface area contributed by atoms with E-state index >= 15 is 0 Å². The van der Waals surface area contributed by atoms with Gasteiger partial charge in [0.1, 0.15) is 18.8 Å². The molecule has 2 bridgehead atoms. The van der Waals surface area contributed by atoms with Crippen molar-refractivity contribution in [3.05, 3.63) is 83.4 Å². The molecule has 2 unspecified atom stereocenters. The molecule has 0 radical (unpaired) electrons. The highest BCUT2D eigenvalue weighted by Gasteiger charge is 2.54. The Hall–Kier alpha value is -3.08. The number of ether oxygens (including phenoxy) is 2. The fourth-order valence-electron chi connectivity index (χ4n) is 3.88. The zero-order valence-electron chi connectivity index (χ0n) is 14.4. The highest BCUT2D eigenvalue weighted by atomic mass is 16.7. The standard InChI is InChI=1S/C21H19NO4/c1-15(23)22-19-11-12-21(22,18-10-6-5-9-17(18)19)14-26-20(24)25-13-16-7-3-2-4-8-16/h2-12,19H,13-14H2,1H3. The van der Waals surface area contributed by atoms with Gasteiger partial charge in [0, 0.05) is 6.92 Å². The summed E-state index contributed by atoms with van der Waals surface area (Å²) in [6.45, 7) is 1.72. The normalized spacial score (nSPS) is 22.2. The molecule has 1 amide bonds. The van der Waals surface area contributed by atoms with Gasteiger partial charge in [-0.05, 0) is 16.7 Å². The summed E-state index contributed by atoms with van der Waals surface area (Å²) in [5.41, 5.74) is 2.21. The zero-order valence-corrected chi connectivity index (χ0v) is 14.4. The quantitative estimate of drug-likeness (QED) is 0.624. The molecule has 0 spiro atoms. The van der Waals surface area contributed by atoms with Gasteiger partial charge in [0.2, 0.25) is 5.91 Å². The predicted molar refractivity (Wildman–Crippen MR) is 95.1 cm³/mol. The SMILES string of the molecule is CC(=O)N1C2C=CC1(COC(=O)OCc1ccccc1)c1ccccc12. The van der Waals surface area contributed by atoms with Crippen LogP contribution in [0.15, 0.2) is 66.7 Å². The number of fused-ring (bicyclic) bond motifs is 5. The molecule has 0 aromatic heterocycles. The highest BCUT2D eigenvalue weighted by Crippen LogP contribution is 2.52. The van der Waals surface area contributed by atoms with E-state index in [0.29, 0.717) is 0 Å². The molecular weight excluding hydrogens is 330 g/mol. The van der Waals surface area contributed by atoms with Crippen molar-refractivity contribution in [1.82, 2.24) is 4.90 Å². The van der Waals surface area contributed by atoms with Crippen LogP contribution in [0, 0.1) is 0 Å². The van der Waals surface area contributed by atoms with Gasteiger partial charge < -0.3 is 14.4 Å². The second kappa shape index (κ2) is 6.33. The summed E-state index contributed by atoms with van der Waals surface area (Å²) in [5.74, 6) is -0.0579. The van der Waals surface area contributed by atoms with Crippen molar-refractivity contribution in [2.24, 2.45) is 0 Å². The van der Waals surface area contributed by atoms with Crippen LogP contribution in [-0.2, 0) is 26.4 Å². The molecule has 0 saturated heterocycles. The maximum Gasteiger partial charge on any atom is 0.508 e. The van der Waals surface area contributed by atoms with Gasteiger partial charge in [0.25, 0.3) is 0 Å². The lowest BCUT2D eigenvalue weighted by atomic mass is 9.87. The average molecular weight is 349 g/mol. The van der Waals surface area contributed by atoms with Crippen LogP contribution in [0.1, 0.15) is 29.7 Å². The fourth-order valence-corrected chi connectivity index (χ4v) is 3.88. The molecule has 5 heteroatoms. The van der Waals surface area contributed by atoms with Gasteiger partial charge >= 0.3 is 6.16 Å². The van der Waals surface area contributed by atoms with E-state index < -0.39 is 11.7 Å². The van der Waals surface area contributed by atoms with Crippen molar-refractivity contribution in [3.63, 3.8) is 0 Å². The molecule has 0 aliphatic carbocycles. The molecule has 2 aliphatic heterocycles. The Kier molecular flexibility index (Phi) is 3.99. The minimum atomic E-state index is -0.751. The van der Waals surface area contributed by atoms with Gasteiger partial charge in [0.15, 0.2) is 0 Å². The third-order valence-corrected chi connectivity index (χ3v) is 4.96. The maximum atomic E-state index is 12.3. The molecule has 0 saturated carbocycles. The third kappa shape index (κ3) is 2.56. The predicted octanol–water partition coefficient (Wildman–Crippen LogP) is 3.71. The lowest BCUT2D eigenvalue weighted by Crippen LogP contribution is -2.44. The van der Waals surface area contributed by atoms with Crippen LogP contribution in [0.5, 0.6) is 0 Å². The van der Waals surface area contributed by atoms with Crippen molar-refractivity contribution >= 4 is 12.1 Å². The molecular formula is C21H19NO4. The van der Waals surface area contributed by atoms with Gasteiger partial charge in [-0.3, -0.25) is 4.79 Å². The Bertz CT molecular complexity index is 877. The first-order chi connectivity index (χ1) is 12.6. The van der Waals surface area contributed by atoms with Crippen molar-refractivity contribution < 1.29 is 19.1 Å². The Balaban J connectivity index is 1.48. The van der Waals surface area contributed by atoms with Crippen LogP contribution in [0.4, 0.5) is 4.79 Å². The van der Waals surface area contributed by atoms with Crippen molar-refractivity contribution in [2.75, 3.05) is 6.61 Å². The summed E-state index contributed by atoms with van der Waals surface area (Å²) < 4.78 is 10.6.